The summed E-state index contributed by atoms with van der Waals surface area (Å²) in [6.45, 7) is 0. The second kappa shape index (κ2) is 14.2. The van der Waals surface area contributed by atoms with Crippen LogP contribution in [0.1, 0.15) is 0 Å². The summed E-state index contributed by atoms with van der Waals surface area (Å²) < 4.78 is 15.6. The quantitative estimate of drug-likeness (QED) is 0.166. The normalized spacial score (nSPS) is 11.8. The summed E-state index contributed by atoms with van der Waals surface area (Å²) in [7, 11) is 0. The molecule has 13 aromatic rings. The van der Waals surface area contributed by atoms with Crippen molar-refractivity contribution in [1.82, 2.24) is 19.9 Å². The van der Waals surface area contributed by atoms with Crippen LogP contribution in [0.3, 0.4) is 0 Å². The van der Waals surface area contributed by atoms with Crippen molar-refractivity contribution in [3.05, 3.63) is 194 Å². The highest BCUT2D eigenvalue weighted by Gasteiger charge is 2.21. The minimum absolute atomic E-state index is 0.552. The molecule has 6 nitrogen and oxygen atoms in total. The molecule has 0 fully saturated rings. The molecule has 0 N–H and O–H groups in total. The monoisotopic (exact) mass is 824 g/mol. The van der Waals surface area contributed by atoms with Crippen LogP contribution in [0.15, 0.2) is 203 Å². The van der Waals surface area contributed by atoms with Gasteiger partial charge in [0.2, 0.25) is 0 Å². The maximum absolute atomic E-state index is 6.77. The Kier molecular flexibility index (Phi) is 7.98. The molecular weight excluding hydrogens is 793 g/mol. The molecule has 5 heterocycles. The van der Waals surface area contributed by atoms with Crippen LogP contribution in [0.4, 0.5) is 0 Å². The molecule has 8 aromatic carbocycles. The number of pyridine rings is 1. The number of rotatable bonds is 6. The summed E-state index contributed by atoms with van der Waals surface area (Å²) in [6, 6.07) is 63.0. The van der Waals surface area contributed by atoms with Gasteiger partial charge >= 0.3 is 0 Å². The van der Waals surface area contributed by atoms with E-state index in [0.29, 0.717) is 17.5 Å². The van der Waals surface area contributed by atoms with E-state index in [2.05, 4.69) is 138 Å². The van der Waals surface area contributed by atoms with E-state index in [1.54, 1.807) is 6.20 Å². The summed E-state index contributed by atoms with van der Waals surface area (Å²) in [5.74, 6) is 1.68. The lowest BCUT2D eigenvalue weighted by molar-refractivity contribution is 0.669. The molecule has 294 valence electrons. The zero-order valence-electron chi connectivity index (χ0n) is 33.5. The number of aromatic nitrogens is 4. The molecule has 0 amide bonds. The van der Waals surface area contributed by atoms with Gasteiger partial charge in [0.1, 0.15) is 22.3 Å². The van der Waals surface area contributed by atoms with Crippen LogP contribution < -0.4 is 0 Å². The zero-order chi connectivity index (χ0) is 41.4. The van der Waals surface area contributed by atoms with Gasteiger partial charge < -0.3 is 8.83 Å². The second-order valence-electron chi connectivity index (χ2n) is 15.7. The summed E-state index contributed by atoms with van der Waals surface area (Å²) in [4.78, 5) is 19.8. The third kappa shape index (κ3) is 5.78. The van der Waals surface area contributed by atoms with Crippen molar-refractivity contribution in [3.8, 4) is 67.5 Å². The SMILES string of the molecule is c1cncc(-c2ccccc2-c2nc(-c3ccc(-c4ccc(-c5cccc6c5sc5ccccc56)c5c4oc4ccccc45)cc3)nc(-c3ccc4c(c3)oc3ccccc34)n2)c1. The van der Waals surface area contributed by atoms with Gasteiger partial charge in [-0.2, -0.15) is 0 Å². The topological polar surface area (TPSA) is 77.8 Å². The molecule has 63 heavy (non-hydrogen) atoms. The van der Waals surface area contributed by atoms with E-state index in [9.17, 15) is 0 Å². The standard InChI is InChI=1S/C56H32N4O2S/c1-2-15-45(37(12-1)36-11-10-30-57-32-36)56-59-54(58-55(60-56)35-26-27-40-39-13-3-6-19-47(39)61-49(40)31-35)34-24-22-33(23-25-34)38-28-29-42(51-46-16-4-7-20-48(46)62-52(38)51)44-18-9-17-43-41-14-5-8-21-50(41)63-53(43)44/h1-32H. The fourth-order valence-corrected chi connectivity index (χ4v) is 10.3. The van der Waals surface area contributed by atoms with E-state index in [4.69, 9.17) is 23.8 Å². The van der Waals surface area contributed by atoms with E-state index in [-0.39, 0.29) is 0 Å². The Bertz CT molecular complexity index is 3920. The molecule has 0 spiro atoms. The molecule has 5 aromatic heterocycles. The number of thiophene rings is 1. The fourth-order valence-electron chi connectivity index (χ4n) is 9.11. The molecule has 0 radical (unpaired) electrons. The number of furan rings is 2. The van der Waals surface area contributed by atoms with Crippen LogP contribution in [0.2, 0.25) is 0 Å². The van der Waals surface area contributed by atoms with Crippen LogP contribution in [-0.2, 0) is 0 Å². The van der Waals surface area contributed by atoms with Crippen molar-refractivity contribution in [3.63, 3.8) is 0 Å². The highest BCUT2D eigenvalue weighted by molar-refractivity contribution is 7.26. The van der Waals surface area contributed by atoms with Crippen LogP contribution in [0.25, 0.3) is 132 Å². The molecule has 13 rings (SSSR count). The average Bonchev–Trinajstić information content (AvgIpc) is 4.06. The lowest BCUT2D eigenvalue weighted by atomic mass is 9.93. The highest BCUT2D eigenvalue weighted by Crippen LogP contribution is 2.46. The Hall–Kier alpha value is -8.26. The molecule has 0 aliphatic rings. The molecule has 0 atom stereocenters. The van der Waals surface area contributed by atoms with Crippen molar-refractivity contribution < 1.29 is 8.83 Å². The Morgan fingerprint density at radius 2 is 1.00 bits per heavy atom. The van der Waals surface area contributed by atoms with Gasteiger partial charge in [-0.25, -0.2) is 15.0 Å². The number of hydrogen-bond donors (Lipinski definition) is 0. The summed E-state index contributed by atoms with van der Waals surface area (Å²) in [5.41, 5.74) is 12.3. The van der Waals surface area contributed by atoms with Gasteiger partial charge in [0, 0.05) is 87.5 Å². The molecule has 0 bridgehead atoms. The Morgan fingerprint density at radius 3 is 1.84 bits per heavy atom. The Balaban J connectivity index is 0.956. The van der Waals surface area contributed by atoms with Crippen molar-refractivity contribution in [1.29, 1.82) is 0 Å². The maximum atomic E-state index is 6.77. The predicted octanol–water partition coefficient (Wildman–Crippen LogP) is 15.4. The van der Waals surface area contributed by atoms with E-state index >= 15 is 0 Å². The van der Waals surface area contributed by atoms with Gasteiger partial charge in [-0.1, -0.05) is 140 Å². The number of para-hydroxylation sites is 2. The minimum Gasteiger partial charge on any atom is -0.456 e. The molecule has 0 aliphatic heterocycles. The largest absolute Gasteiger partial charge is 0.456 e. The zero-order valence-corrected chi connectivity index (χ0v) is 34.3. The molecule has 0 aliphatic carbocycles. The first-order chi connectivity index (χ1) is 31.2. The summed E-state index contributed by atoms with van der Waals surface area (Å²) in [6.07, 6.45) is 3.65. The smallest absolute Gasteiger partial charge is 0.164 e. The number of hydrogen-bond acceptors (Lipinski definition) is 7. The number of benzene rings is 8. The predicted molar refractivity (Wildman–Crippen MR) is 258 cm³/mol. The lowest BCUT2D eigenvalue weighted by Gasteiger charge is -2.12. The van der Waals surface area contributed by atoms with E-state index in [1.165, 1.54) is 25.7 Å². The van der Waals surface area contributed by atoms with Crippen molar-refractivity contribution in [2.24, 2.45) is 0 Å². The first-order valence-electron chi connectivity index (χ1n) is 20.9. The van der Waals surface area contributed by atoms with Gasteiger partial charge in [-0.15, -0.1) is 11.3 Å². The summed E-state index contributed by atoms with van der Waals surface area (Å²) in [5, 5.41) is 6.88. The van der Waals surface area contributed by atoms with Crippen molar-refractivity contribution in [2.75, 3.05) is 0 Å². The first kappa shape index (κ1) is 35.5. The molecule has 0 saturated heterocycles. The van der Waals surface area contributed by atoms with Gasteiger partial charge in [0.25, 0.3) is 0 Å². The first-order valence-corrected chi connectivity index (χ1v) is 21.7. The Morgan fingerprint density at radius 1 is 0.365 bits per heavy atom. The highest BCUT2D eigenvalue weighted by atomic mass is 32.1. The van der Waals surface area contributed by atoms with E-state index < -0.39 is 0 Å². The van der Waals surface area contributed by atoms with Crippen molar-refractivity contribution in [2.45, 2.75) is 0 Å². The van der Waals surface area contributed by atoms with Crippen LogP contribution >= 0.6 is 11.3 Å². The maximum Gasteiger partial charge on any atom is 0.164 e. The van der Waals surface area contributed by atoms with Gasteiger partial charge in [-0.3, -0.25) is 4.98 Å². The van der Waals surface area contributed by atoms with Crippen LogP contribution in [0, 0.1) is 0 Å². The minimum atomic E-state index is 0.552. The summed E-state index contributed by atoms with van der Waals surface area (Å²) >= 11 is 1.84. The molecule has 0 saturated carbocycles. The second-order valence-corrected chi connectivity index (χ2v) is 16.8. The molecule has 0 unspecified atom stereocenters. The van der Waals surface area contributed by atoms with Crippen LogP contribution in [-0.4, -0.2) is 19.9 Å². The fraction of sp³-hybridized carbons (Fsp3) is 0. The van der Waals surface area contributed by atoms with Gasteiger partial charge in [-0.05, 0) is 59.2 Å². The molecule has 7 heteroatoms. The Labute approximate surface area is 364 Å². The lowest BCUT2D eigenvalue weighted by Crippen LogP contribution is -2.01. The van der Waals surface area contributed by atoms with Crippen LogP contribution in [0.5, 0.6) is 0 Å². The number of nitrogens with zero attached hydrogens (tertiary/aromatic N) is 4. The average molecular weight is 825 g/mol. The van der Waals surface area contributed by atoms with Gasteiger partial charge in [0.05, 0.1) is 0 Å². The third-order valence-corrected chi connectivity index (χ3v) is 13.3. The van der Waals surface area contributed by atoms with Gasteiger partial charge in [0.15, 0.2) is 17.5 Å². The van der Waals surface area contributed by atoms with E-state index in [0.717, 1.165) is 88.4 Å². The third-order valence-electron chi connectivity index (χ3n) is 12.1. The number of fused-ring (bicyclic) bond motifs is 9. The molecular formula is C56H32N4O2S. The van der Waals surface area contributed by atoms with E-state index in [1.807, 2.05) is 66.1 Å². The van der Waals surface area contributed by atoms with Crippen molar-refractivity contribution >= 4 is 75.4 Å².